The van der Waals surface area contributed by atoms with Crippen molar-refractivity contribution in [3.8, 4) is 0 Å². The number of nitrogens with two attached hydrogens (primary N) is 1. The van der Waals surface area contributed by atoms with E-state index in [2.05, 4.69) is 6.92 Å². The van der Waals surface area contributed by atoms with E-state index in [1.54, 1.807) is 0 Å². The van der Waals surface area contributed by atoms with Crippen LogP contribution in [0.1, 0.15) is 32.6 Å². The number of amides is 1. The molecule has 3 nitrogen and oxygen atoms in total. The van der Waals surface area contributed by atoms with E-state index in [0.717, 1.165) is 25.0 Å². The molecule has 0 aromatic rings. The molecule has 14 heavy (non-hydrogen) atoms. The van der Waals surface area contributed by atoms with Crippen molar-refractivity contribution < 1.29 is 4.79 Å². The number of rotatable bonds is 0. The number of nitrogens with zero attached hydrogens (tertiary/aromatic N) is 1. The van der Waals surface area contributed by atoms with Crippen molar-refractivity contribution >= 4 is 17.7 Å². The Morgan fingerprint density at radius 3 is 3.00 bits per heavy atom. The topological polar surface area (TPSA) is 46.3 Å². The standard InChI is InChI=1S/C10H18N2OS/c1-7-3-2-4-9-12(7)10(13)8(11)5-6-14-9/h7-9H,2-6,11H2,1H3/t7-,8+,9+/m1/s1. The van der Waals surface area contributed by atoms with E-state index in [4.69, 9.17) is 5.73 Å². The lowest BCUT2D eigenvalue weighted by atomic mass is 10.0. The second-order valence-corrected chi connectivity index (χ2v) is 5.53. The molecule has 4 heteroatoms. The van der Waals surface area contributed by atoms with Crippen molar-refractivity contribution in [1.29, 1.82) is 0 Å². The van der Waals surface area contributed by atoms with Crippen molar-refractivity contribution in [3.05, 3.63) is 0 Å². The minimum atomic E-state index is -0.256. The van der Waals surface area contributed by atoms with E-state index < -0.39 is 0 Å². The highest BCUT2D eigenvalue weighted by Gasteiger charge is 2.36. The summed E-state index contributed by atoms with van der Waals surface area (Å²) in [4.78, 5) is 14.0. The number of piperidine rings is 1. The fourth-order valence-corrected chi connectivity index (χ4v) is 3.79. The maximum atomic E-state index is 12.0. The Bertz CT molecular complexity index is 234. The Balaban J connectivity index is 2.18. The van der Waals surface area contributed by atoms with E-state index in [1.807, 2.05) is 16.7 Å². The Morgan fingerprint density at radius 1 is 1.43 bits per heavy atom. The quantitative estimate of drug-likeness (QED) is 0.658. The number of fused-ring (bicyclic) bond motifs is 1. The molecule has 2 N–H and O–H groups in total. The van der Waals surface area contributed by atoms with Crippen LogP contribution in [0.2, 0.25) is 0 Å². The van der Waals surface area contributed by atoms with Gasteiger partial charge >= 0.3 is 0 Å². The molecule has 0 radical (unpaired) electrons. The molecule has 2 heterocycles. The van der Waals surface area contributed by atoms with E-state index >= 15 is 0 Å². The molecule has 3 atom stereocenters. The summed E-state index contributed by atoms with van der Waals surface area (Å²) in [6.07, 6.45) is 4.37. The summed E-state index contributed by atoms with van der Waals surface area (Å²) < 4.78 is 0. The monoisotopic (exact) mass is 214 g/mol. The maximum Gasteiger partial charge on any atom is 0.240 e. The Hall–Kier alpha value is -0.220. The summed E-state index contributed by atoms with van der Waals surface area (Å²) in [7, 11) is 0. The summed E-state index contributed by atoms with van der Waals surface area (Å²) >= 11 is 1.90. The third kappa shape index (κ3) is 1.77. The SMILES string of the molecule is C[C@@H]1CCC[C@@H]2SCC[C@H](N)C(=O)N12. The van der Waals surface area contributed by atoms with Gasteiger partial charge in [-0.3, -0.25) is 4.79 Å². The van der Waals surface area contributed by atoms with Crippen molar-refractivity contribution in [2.45, 2.75) is 50.1 Å². The minimum absolute atomic E-state index is 0.173. The summed E-state index contributed by atoms with van der Waals surface area (Å²) in [5.41, 5.74) is 5.84. The highest BCUT2D eigenvalue weighted by Crippen LogP contribution is 2.33. The number of hydrogen-bond donors (Lipinski definition) is 1. The number of thioether (sulfide) groups is 1. The molecule has 0 aromatic carbocycles. The van der Waals surface area contributed by atoms with E-state index in [1.165, 1.54) is 6.42 Å². The molecule has 0 spiro atoms. The van der Waals surface area contributed by atoms with Crippen LogP contribution >= 0.6 is 11.8 Å². The average molecular weight is 214 g/mol. The number of hydrogen-bond acceptors (Lipinski definition) is 3. The van der Waals surface area contributed by atoms with Crippen LogP contribution < -0.4 is 5.73 Å². The van der Waals surface area contributed by atoms with Gasteiger partial charge in [-0.1, -0.05) is 0 Å². The Labute approximate surface area is 89.4 Å². The summed E-state index contributed by atoms with van der Waals surface area (Å²) in [6.45, 7) is 2.14. The Morgan fingerprint density at radius 2 is 2.21 bits per heavy atom. The zero-order valence-corrected chi connectivity index (χ0v) is 9.43. The van der Waals surface area contributed by atoms with Crippen molar-refractivity contribution in [1.82, 2.24) is 4.90 Å². The van der Waals surface area contributed by atoms with Crippen molar-refractivity contribution in [3.63, 3.8) is 0 Å². The van der Waals surface area contributed by atoms with Crippen molar-refractivity contribution in [2.24, 2.45) is 5.73 Å². The third-order valence-electron chi connectivity index (χ3n) is 3.17. The summed E-state index contributed by atoms with van der Waals surface area (Å²) in [6, 6.07) is 0.131. The molecule has 2 saturated heterocycles. The molecule has 0 saturated carbocycles. The lowest BCUT2D eigenvalue weighted by molar-refractivity contribution is -0.136. The van der Waals surface area contributed by atoms with Crippen LogP contribution in [0.25, 0.3) is 0 Å². The molecule has 0 unspecified atom stereocenters. The first kappa shape index (κ1) is 10.3. The molecule has 0 aliphatic carbocycles. The molecule has 2 aliphatic rings. The predicted octanol–water partition coefficient (Wildman–Crippen LogP) is 1.18. The first-order chi connectivity index (χ1) is 6.70. The molecule has 1 amide bonds. The van der Waals surface area contributed by atoms with Gasteiger partial charge in [-0.05, 0) is 38.4 Å². The molecular formula is C10H18N2OS. The van der Waals surface area contributed by atoms with Gasteiger partial charge in [0, 0.05) is 6.04 Å². The molecule has 2 rings (SSSR count). The molecule has 0 bridgehead atoms. The zero-order valence-electron chi connectivity index (χ0n) is 8.61. The van der Waals surface area contributed by atoms with Crippen LogP contribution in [0.4, 0.5) is 0 Å². The lowest BCUT2D eigenvalue weighted by Gasteiger charge is -2.39. The van der Waals surface area contributed by atoms with Gasteiger partial charge in [-0.2, -0.15) is 0 Å². The van der Waals surface area contributed by atoms with Crippen LogP contribution in [0, 0.1) is 0 Å². The van der Waals surface area contributed by atoms with E-state index in [0.29, 0.717) is 11.4 Å². The van der Waals surface area contributed by atoms with Gasteiger partial charge in [0.15, 0.2) is 0 Å². The van der Waals surface area contributed by atoms with Gasteiger partial charge < -0.3 is 10.6 Å². The van der Waals surface area contributed by atoms with Gasteiger partial charge in [0.05, 0.1) is 11.4 Å². The van der Waals surface area contributed by atoms with E-state index in [-0.39, 0.29) is 11.9 Å². The van der Waals surface area contributed by atoms with Crippen LogP contribution in [0.5, 0.6) is 0 Å². The Kier molecular flexibility index (Phi) is 3.02. The van der Waals surface area contributed by atoms with Gasteiger partial charge in [-0.25, -0.2) is 0 Å². The average Bonchev–Trinajstić information content (AvgIpc) is 2.29. The normalized spacial score (nSPS) is 39.1. The second-order valence-electron chi connectivity index (χ2n) is 4.25. The van der Waals surface area contributed by atoms with Crippen molar-refractivity contribution in [2.75, 3.05) is 5.75 Å². The number of carbonyl (C=O) groups is 1. The molecular weight excluding hydrogens is 196 g/mol. The largest absolute Gasteiger partial charge is 0.327 e. The smallest absolute Gasteiger partial charge is 0.240 e. The molecule has 80 valence electrons. The van der Waals surface area contributed by atoms with Crippen LogP contribution in [-0.2, 0) is 4.79 Å². The third-order valence-corrected chi connectivity index (χ3v) is 4.49. The maximum absolute atomic E-state index is 12.0. The molecule has 0 aromatic heterocycles. The van der Waals surface area contributed by atoms with Gasteiger partial charge in [0.2, 0.25) is 5.91 Å². The van der Waals surface area contributed by atoms with Gasteiger partial charge in [0.25, 0.3) is 0 Å². The molecule has 2 fully saturated rings. The fourth-order valence-electron chi connectivity index (χ4n) is 2.32. The highest BCUT2D eigenvalue weighted by molar-refractivity contribution is 7.99. The van der Waals surface area contributed by atoms with Gasteiger partial charge in [-0.15, -0.1) is 11.8 Å². The second kappa shape index (κ2) is 4.11. The lowest BCUT2D eigenvalue weighted by Crippen LogP contribution is -2.51. The minimum Gasteiger partial charge on any atom is -0.327 e. The van der Waals surface area contributed by atoms with E-state index in [9.17, 15) is 4.79 Å². The predicted molar refractivity (Wildman–Crippen MR) is 59.0 cm³/mol. The van der Waals surface area contributed by atoms with Crippen LogP contribution in [0.3, 0.4) is 0 Å². The zero-order chi connectivity index (χ0) is 10.1. The summed E-state index contributed by atoms with van der Waals surface area (Å²) in [5.74, 6) is 1.20. The first-order valence-electron chi connectivity index (χ1n) is 5.39. The van der Waals surface area contributed by atoms with Crippen LogP contribution in [-0.4, -0.2) is 34.0 Å². The van der Waals surface area contributed by atoms with Gasteiger partial charge in [0.1, 0.15) is 0 Å². The van der Waals surface area contributed by atoms with Crippen LogP contribution in [0.15, 0.2) is 0 Å². The first-order valence-corrected chi connectivity index (χ1v) is 6.44. The summed E-state index contributed by atoms with van der Waals surface area (Å²) in [5, 5.41) is 0.403. The number of carbonyl (C=O) groups excluding carboxylic acids is 1. The highest BCUT2D eigenvalue weighted by atomic mass is 32.2. The fraction of sp³-hybridized carbons (Fsp3) is 0.900. The molecule has 2 aliphatic heterocycles.